The number of aromatic nitrogens is 3. The molecule has 1 aliphatic heterocycles. The van der Waals surface area contributed by atoms with E-state index in [9.17, 15) is 38.4 Å². The number of carbonyl (C=O) groups is 6. The minimum Gasteiger partial charge on any atom is -0.497 e. The quantitative estimate of drug-likeness (QED) is 0.0203. The lowest BCUT2D eigenvalue weighted by atomic mass is 9.80. The molecule has 488 valence electrons. The summed E-state index contributed by atoms with van der Waals surface area (Å²) in [4.78, 5) is 111. The minimum absolute atomic E-state index is 0.00139. The van der Waals surface area contributed by atoms with Crippen LogP contribution in [0, 0.1) is 18.8 Å². The molecule has 1 unspecified atom stereocenters. The Morgan fingerprint density at radius 2 is 1.14 bits per heavy atom. The highest BCUT2D eigenvalue weighted by Crippen LogP contribution is 2.43. The van der Waals surface area contributed by atoms with E-state index >= 15 is 0 Å². The van der Waals surface area contributed by atoms with Gasteiger partial charge in [-0.3, -0.25) is 57.5 Å². The molecule has 0 saturated carbocycles. The predicted molar refractivity (Wildman–Crippen MR) is 331 cm³/mol. The normalized spacial score (nSPS) is 14.3. The molecule has 1 aliphatic rings. The first-order chi connectivity index (χ1) is 44.4. The SMILES string of the molecule is CNC(=O)CCC(=O)OC1C[C@H](n2cc(C)c(=O)n(CCOCCOc3ccc(C#Cc4cc(CN(CC(=O)OC)CC(=O)OC)nc(CN(CC(=O)OC)CC(=O)OC)c4)cc3)c2=O)O[C@@H]1COC(c1ccccc1)(c1ccc(OC)cc1)c1ccc(OC)cc1. The van der Waals surface area contributed by atoms with Crippen LogP contribution in [0.25, 0.3) is 0 Å². The number of esters is 5. The molecular formula is C67H76N6O19. The molecule has 0 spiro atoms. The van der Waals surface area contributed by atoms with Crippen LogP contribution >= 0.6 is 0 Å². The first kappa shape index (κ1) is 69.8. The smallest absolute Gasteiger partial charge is 0.333 e. The second-order valence-corrected chi connectivity index (χ2v) is 21.0. The van der Waals surface area contributed by atoms with E-state index < -0.39 is 65.1 Å². The highest BCUT2D eigenvalue weighted by molar-refractivity contribution is 5.81. The van der Waals surface area contributed by atoms with Crippen molar-refractivity contribution in [3.05, 3.63) is 187 Å². The number of benzene rings is 4. The van der Waals surface area contributed by atoms with E-state index in [-0.39, 0.29) is 103 Å². The number of methoxy groups -OCH3 is 6. The van der Waals surface area contributed by atoms with Crippen LogP contribution in [0.2, 0.25) is 0 Å². The summed E-state index contributed by atoms with van der Waals surface area (Å²) in [6.07, 6.45) is -1.87. The molecule has 6 aromatic rings. The standard InChI is InChI=1S/C67H76N6O19/c1-45-37-73(59-36-56(92-60(75)29-28-58(74)68-2)57(91-59)44-90-67(48-12-10-9-11-13-48,49-18-24-53(82-3)25-19-49)50-20-26-54(83-4)27-21-50)66(81)72(65(45)80)30-31-88-32-33-89-55-22-16-46(17-23-55)14-15-47-34-51(38-70(40-61(76)84-5)41-62(77)85-6)69-52(35-47)39-71(42-63(78)86-7)43-64(79)87-8/h9-13,16-27,34-35,37,56-57,59H,28-33,36,38-44H2,1-8H3,(H,68,74)/t56?,57-,59-/m1/s1. The molecule has 1 saturated heterocycles. The largest absolute Gasteiger partial charge is 0.497 e. The summed E-state index contributed by atoms with van der Waals surface area (Å²) >= 11 is 0. The average Bonchev–Trinajstić information content (AvgIpc) is 2.12. The number of aryl methyl sites for hydroxylation is 1. The zero-order valence-corrected chi connectivity index (χ0v) is 52.7. The van der Waals surface area contributed by atoms with E-state index in [1.165, 1.54) is 56.1 Å². The summed E-state index contributed by atoms with van der Waals surface area (Å²) in [5.74, 6) is 4.62. The van der Waals surface area contributed by atoms with Gasteiger partial charge in [0.1, 0.15) is 47.9 Å². The maximum Gasteiger partial charge on any atom is 0.333 e. The Hall–Kier alpha value is -9.71. The van der Waals surface area contributed by atoms with Gasteiger partial charge < -0.3 is 57.4 Å². The lowest BCUT2D eigenvalue weighted by Crippen LogP contribution is -2.43. The van der Waals surface area contributed by atoms with Crippen LogP contribution in [-0.4, -0.2) is 174 Å². The van der Waals surface area contributed by atoms with E-state index in [4.69, 9.17) is 57.1 Å². The fourth-order valence-corrected chi connectivity index (χ4v) is 10.1. The first-order valence-corrected chi connectivity index (χ1v) is 29.3. The van der Waals surface area contributed by atoms with E-state index in [0.717, 1.165) is 21.3 Å². The zero-order valence-electron chi connectivity index (χ0n) is 52.7. The zero-order chi connectivity index (χ0) is 66.2. The maximum atomic E-state index is 14.4. The highest BCUT2D eigenvalue weighted by Gasteiger charge is 2.44. The average molecular weight is 1270 g/mol. The Labute approximate surface area is 532 Å². The van der Waals surface area contributed by atoms with Gasteiger partial charge in [-0.25, -0.2) is 4.79 Å². The summed E-state index contributed by atoms with van der Waals surface area (Å²) in [5.41, 5.74) is 1.91. The van der Waals surface area contributed by atoms with Gasteiger partial charge >= 0.3 is 35.5 Å². The lowest BCUT2D eigenvalue weighted by molar-refractivity contribution is -0.157. The van der Waals surface area contributed by atoms with Crippen LogP contribution in [0.3, 0.4) is 0 Å². The Morgan fingerprint density at radius 3 is 1.65 bits per heavy atom. The van der Waals surface area contributed by atoms with Gasteiger partial charge in [0.2, 0.25) is 5.91 Å². The van der Waals surface area contributed by atoms with Crippen molar-refractivity contribution in [1.29, 1.82) is 0 Å². The Balaban J connectivity index is 1.03. The minimum atomic E-state index is -1.28. The van der Waals surface area contributed by atoms with Gasteiger partial charge in [-0.05, 0) is 84.3 Å². The molecular weight excluding hydrogens is 1190 g/mol. The molecule has 3 heterocycles. The van der Waals surface area contributed by atoms with Crippen molar-refractivity contribution >= 4 is 35.8 Å². The molecule has 1 amide bonds. The van der Waals surface area contributed by atoms with Gasteiger partial charge in [0, 0.05) is 55.9 Å². The van der Waals surface area contributed by atoms with Crippen molar-refractivity contribution in [2.24, 2.45) is 0 Å². The number of rotatable bonds is 32. The van der Waals surface area contributed by atoms with Crippen molar-refractivity contribution in [2.45, 2.75) is 69.9 Å². The molecule has 92 heavy (non-hydrogen) atoms. The van der Waals surface area contributed by atoms with Crippen LogP contribution < -0.4 is 30.8 Å². The number of nitrogens with zero attached hydrogens (tertiary/aromatic N) is 5. The molecule has 0 aliphatic carbocycles. The summed E-state index contributed by atoms with van der Waals surface area (Å²) in [6, 6.07) is 34.8. The van der Waals surface area contributed by atoms with Gasteiger partial charge in [-0.2, -0.15) is 0 Å². The lowest BCUT2D eigenvalue weighted by Gasteiger charge is -2.37. The fraction of sp³-hybridized carbons (Fsp3) is 0.388. The Kier molecular flexibility index (Phi) is 26.1. The molecule has 7 rings (SSSR count). The number of pyridine rings is 1. The summed E-state index contributed by atoms with van der Waals surface area (Å²) in [6.45, 7) is 0.444. The molecule has 0 radical (unpaired) electrons. The summed E-state index contributed by atoms with van der Waals surface area (Å²) in [7, 11) is 9.54. The van der Waals surface area contributed by atoms with E-state index in [0.29, 0.717) is 39.8 Å². The first-order valence-electron chi connectivity index (χ1n) is 29.3. The van der Waals surface area contributed by atoms with Crippen molar-refractivity contribution in [3.63, 3.8) is 0 Å². The molecule has 4 aromatic carbocycles. The van der Waals surface area contributed by atoms with E-state index in [1.54, 1.807) is 57.5 Å². The van der Waals surface area contributed by atoms with Crippen molar-refractivity contribution in [3.8, 4) is 29.1 Å². The summed E-state index contributed by atoms with van der Waals surface area (Å²) < 4.78 is 64.4. The van der Waals surface area contributed by atoms with Gasteiger partial charge in [0.15, 0.2) is 0 Å². The van der Waals surface area contributed by atoms with Gasteiger partial charge in [-0.1, -0.05) is 66.4 Å². The highest BCUT2D eigenvalue weighted by atomic mass is 16.6. The summed E-state index contributed by atoms with van der Waals surface area (Å²) in [5, 5.41) is 2.51. The molecule has 25 heteroatoms. The number of amides is 1. The van der Waals surface area contributed by atoms with Crippen LogP contribution in [0.1, 0.15) is 70.3 Å². The van der Waals surface area contributed by atoms with Crippen molar-refractivity contribution in [2.75, 3.05) is 102 Å². The Morgan fingerprint density at radius 1 is 0.630 bits per heavy atom. The number of carbonyl (C=O) groups excluding carboxylic acids is 6. The van der Waals surface area contributed by atoms with Gasteiger partial charge in [0.05, 0.1) is 113 Å². The fourth-order valence-electron chi connectivity index (χ4n) is 10.1. The number of nitrogens with one attached hydrogen (secondary N) is 1. The van der Waals surface area contributed by atoms with E-state index in [2.05, 4.69) is 17.2 Å². The second-order valence-electron chi connectivity index (χ2n) is 21.0. The third-order valence-electron chi connectivity index (χ3n) is 14.8. The van der Waals surface area contributed by atoms with Gasteiger partial charge in [-0.15, -0.1) is 0 Å². The topological polar surface area (TPSA) is 279 Å². The number of hydrogen-bond acceptors (Lipinski definition) is 22. The van der Waals surface area contributed by atoms with Crippen LogP contribution in [0.15, 0.2) is 131 Å². The van der Waals surface area contributed by atoms with Crippen LogP contribution in [0.4, 0.5) is 0 Å². The third kappa shape index (κ3) is 19.4. The van der Waals surface area contributed by atoms with Crippen LogP contribution in [-0.2, 0) is 91.9 Å². The molecule has 0 bridgehead atoms. The van der Waals surface area contributed by atoms with Crippen LogP contribution in [0.5, 0.6) is 17.2 Å². The number of hydrogen-bond donors (Lipinski definition) is 1. The second kappa shape index (κ2) is 34.5. The third-order valence-corrected chi connectivity index (χ3v) is 14.8. The molecule has 2 aromatic heterocycles. The molecule has 25 nitrogen and oxygen atoms in total. The monoisotopic (exact) mass is 1270 g/mol. The molecule has 3 atom stereocenters. The molecule has 1 N–H and O–H groups in total. The van der Waals surface area contributed by atoms with Gasteiger partial charge in [0.25, 0.3) is 5.56 Å². The predicted octanol–water partition coefficient (Wildman–Crippen LogP) is 4.26. The van der Waals surface area contributed by atoms with E-state index in [1.807, 2.05) is 78.9 Å². The maximum absolute atomic E-state index is 14.4. The molecule has 1 fully saturated rings. The Bertz CT molecular complexity index is 3520. The number of ether oxygens (including phenoxy) is 11. The van der Waals surface area contributed by atoms with Crippen molar-refractivity contribution in [1.82, 2.24) is 29.2 Å². The van der Waals surface area contributed by atoms with Crippen molar-refractivity contribution < 1.29 is 80.9 Å².